The Morgan fingerprint density at radius 3 is 3.06 bits per heavy atom. The zero-order chi connectivity index (χ0) is 12.3. The Hall–Kier alpha value is -1.14. The van der Waals surface area contributed by atoms with Crippen molar-refractivity contribution in [2.45, 2.75) is 13.3 Å². The molecule has 0 spiro atoms. The predicted molar refractivity (Wildman–Crippen MR) is 65.8 cm³/mol. The number of aryl methyl sites for hydroxylation is 1. The molecule has 0 radical (unpaired) electrons. The standard InChI is InChI=1S/C11H16N2O3S/c1-8-9(10(14)15-2)17-11(12-8)13-4-3-6-16-7-5-13/h3-7H2,1-2H3. The highest BCUT2D eigenvalue weighted by molar-refractivity contribution is 7.17. The summed E-state index contributed by atoms with van der Waals surface area (Å²) < 4.78 is 10.1. The van der Waals surface area contributed by atoms with E-state index in [4.69, 9.17) is 9.47 Å². The van der Waals surface area contributed by atoms with Crippen LogP contribution in [0.15, 0.2) is 0 Å². The number of carbonyl (C=O) groups excluding carboxylic acids is 1. The minimum Gasteiger partial charge on any atom is -0.465 e. The molecule has 1 aromatic heterocycles. The number of aromatic nitrogens is 1. The van der Waals surface area contributed by atoms with Crippen LogP contribution in [0.1, 0.15) is 21.8 Å². The van der Waals surface area contributed by atoms with Gasteiger partial charge < -0.3 is 14.4 Å². The Balaban J connectivity index is 2.18. The Labute approximate surface area is 104 Å². The molecule has 94 valence electrons. The Morgan fingerprint density at radius 1 is 1.47 bits per heavy atom. The maximum absolute atomic E-state index is 11.5. The fourth-order valence-corrected chi connectivity index (χ4v) is 2.77. The van der Waals surface area contributed by atoms with E-state index in [1.54, 1.807) is 0 Å². The third-order valence-electron chi connectivity index (χ3n) is 2.65. The molecular weight excluding hydrogens is 240 g/mol. The molecular formula is C11H16N2O3S. The number of hydrogen-bond acceptors (Lipinski definition) is 6. The molecule has 0 amide bonds. The summed E-state index contributed by atoms with van der Waals surface area (Å²) in [4.78, 5) is 18.7. The highest BCUT2D eigenvalue weighted by Gasteiger charge is 2.19. The lowest BCUT2D eigenvalue weighted by atomic mass is 10.4. The third-order valence-corrected chi connectivity index (χ3v) is 3.85. The first-order valence-electron chi connectivity index (χ1n) is 5.61. The zero-order valence-corrected chi connectivity index (χ0v) is 10.9. The lowest BCUT2D eigenvalue weighted by Crippen LogP contribution is -2.25. The number of nitrogens with zero attached hydrogens (tertiary/aromatic N) is 2. The van der Waals surface area contributed by atoms with Gasteiger partial charge in [0.1, 0.15) is 4.88 Å². The molecule has 0 aromatic carbocycles. The van der Waals surface area contributed by atoms with Gasteiger partial charge in [0, 0.05) is 19.7 Å². The van der Waals surface area contributed by atoms with Gasteiger partial charge in [-0.1, -0.05) is 11.3 Å². The fraction of sp³-hybridized carbons (Fsp3) is 0.636. The van der Waals surface area contributed by atoms with Crippen LogP contribution in [0, 0.1) is 6.92 Å². The highest BCUT2D eigenvalue weighted by Crippen LogP contribution is 2.27. The van der Waals surface area contributed by atoms with Gasteiger partial charge in [-0.25, -0.2) is 9.78 Å². The number of carbonyl (C=O) groups is 1. The van der Waals surface area contributed by atoms with Crippen LogP contribution < -0.4 is 4.90 Å². The van der Waals surface area contributed by atoms with Crippen molar-refractivity contribution >= 4 is 22.4 Å². The van der Waals surface area contributed by atoms with Gasteiger partial charge >= 0.3 is 5.97 Å². The summed E-state index contributed by atoms with van der Waals surface area (Å²) in [5, 5.41) is 0.883. The number of thiazole rings is 1. The molecule has 0 atom stereocenters. The van der Waals surface area contributed by atoms with E-state index in [2.05, 4.69) is 9.88 Å². The first kappa shape index (κ1) is 12.3. The molecule has 1 aliphatic rings. The molecule has 0 bridgehead atoms. The van der Waals surface area contributed by atoms with E-state index in [0.29, 0.717) is 11.5 Å². The summed E-state index contributed by atoms with van der Waals surface area (Å²) in [6.45, 7) is 5.10. The maximum atomic E-state index is 11.5. The van der Waals surface area contributed by atoms with Gasteiger partial charge in [-0.15, -0.1) is 0 Å². The van der Waals surface area contributed by atoms with Gasteiger partial charge in [0.25, 0.3) is 0 Å². The van der Waals surface area contributed by atoms with Gasteiger partial charge in [0.05, 0.1) is 19.4 Å². The van der Waals surface area contributed by atoms with Gasteiger partial charge in [-0.2, -0.15) is 0 Å². The summed E-state index contributed by atoms with van der Waals surface area (Å²) in [5.41, 5.74) is 0.738. The van der Waals surface area contributed by atoms with Gasteiger partial charge in [0.2, 0.25) is 0 Å². The monoisotopic (exact) mass is 256 g/mol. The van der Waals surface area contributed by atoms with Crippen LogP contribution in [0.25, 0.3) is 0 Å². The van der Waals surface area contributed by atoms with Crippen LogP contribution >= 0.6 is 11.3 Å². The number of anilines is 1. The van der Waals surface area contributed by atoms with Gasteiger partial charge in [-0.3, -0.25) is 0 Å². The summed E-state index contributed by atoms with van der Waals surface area (Å²) in [6.07, 6.45) is 0.992. The lowest BCUT2D eigenvalue weighted by molar-refractivity contribution is 0.0605. The molecule has 1 fully saturated rings. The van der Waals surface area contributed by atoms with Crippen molar-refractivity contribution in [3.05, 3.63) is 10.6 Å². The molecule has 0 aliphatic carbocycles. The number of esters is 1. The molecule has 0 saturated carbocycles. The smallest absolute Gasteiger partial charge is 0.350 e. The van der Waals surface area contributed by atoms with Crippen molar-refractivity contribution in [1.29, 1.82) is 0 Å². The van der Waals surface area contributed by atoms with E-state index >= 15 is 0 Å². The van der Waals surface area contributed by atoms with Gasteiger partial charge in [-0.05, 0) is 13.3 Å². The Morgan fingerprint density at radius 2 is 2.29 bits per heavy atom. The van der Waals surface area contributed by atoms with E-state index in [0.717, 1.165) is 36.9 Å². The average molecular weight is 256 g/mol. The van der Waals surface area contributed by atoms with Crippen molar-refractivity contribution < 1.29 is 14.3 Å². The third kappa shape index (κ3) is 2.76. The molecule has 0 unspecified atom stereocenters. The van der Waals surface area contributed by atoms with Crippen molar-refractivity contribution in [2.75, 3.05) is 38.3 Å². The summed E-state index contributed by atoms with van der Waals surface area (Å²) in [7, 11) is 1.39. The van der Waals surface area contributed by atoms with E-state index in [9.17, 15) is 4.79 Å². The summed E-state index contributed by atoms with van der Waals surface area (Å²) >= 11 is 1.39. The van der Waals surface area contributed by atoms with Crippen LogP contribution in [0.3, 0.4) is 0 Å². The van der Waals surface area contributed by atoms with Crippen LogP contribution in [0.2, 0.25) is 0 Å². The summed E-state index contributed by atoms with van der Waals surface area (Å²) in [6, 6.07) is 0. The van der Waals surface area contributed by atoms with Crippen molar-refractivity contribution in [1.82, 2.24) is 4.98 Å². The molecule has 2 rings (SSSR count). The quantitative estimate of drug-likeness (QED) is 0.750. The minimum absolute atomic E-state index is 0.308. The van der Waals surface area contributed by atoms with Crippen LogP contribution in [-0.2, 0) is 9.47 Å². The number of ether oxygens (including phenoxy) is 2. The van der Waals surface area contributed by atoms with Crippen LogP contribution in [0.5, 0.6) is 0 Å². The molecule has 2 heterocycles. The van der Waals surface area contributed by atoms with Crippen LogP contribution in [0.4, 0.5) is 5.13 Å². The molecule has 0 N–H and O–H groups in total. The number of rotatable bonds is 2. The second-order valence-corrected chi connectivity index (χ2v) is 4.83. The van der Waals surface area contributed by atoms with E-state index in [1.807, 2.05) is 6.92 Å². The molecule has 1 saturated heterocycles. The molecule has 1 aromatic rings. The van der Waals surface area contributed by atoms with Crippen molar-refractivity contribution in [3.8, 4) is 0 Å². The van der Waals surface area contributed by atoms with E-state index < -0.39 is 0 Å². The Kier molecular flexibility index (Phi) is 3.96. The van der Waals surface area contributed by atoms with Crippen LogP contribution in [-0.4, -0.2) is 44.4 Å². The first-order valence-corrected chi connectivity index (χ1v) is 6.42. The average Bonchev–Trinajstić information content (AvgIpc) is 2.57. The lowest BCUT2D eigenvalue weighted by Gasteiger charge is -2.17. The van der Waals surface area contributed by atoms with Crippen molar-refractivity contribution in [3.63, 3.8) is 0 Å². The summed E-state index contributed by atoms with van der Waals surface area (Å²) in [5.74, 6) is -0.308. The zero-order valence-electron chi connectivity index (χ0n) is 10.1. The normalized spacial score (nSPS) is 16.7. The second-order valence-electron chi connectivity index (χ2n) is 3.86. The number of methoxy groups -OCH3 is 1. The van der Waals surface area contributed by atoms with E-state index in [-0.39, 0.29) is 5.97 Å². The molecule has 6 heteroatoms. The molecule has 1 aliphatic heterocycles. The predicted octanol–water partition coefficient (Wildman–Crippen LogP) is 1.46. The Bertz CT molecular complexity index is 397. The van der Waals surface area contributed by atoms with E-state index in [1.165, 1.54) is 18.4 Å². The second kappa shape index (κ2) is 5.46. The number of hydrogen-bond donors (Lipinski definition) is 0. The SMILES string of the molecule is COC(=O)c1sc(N2CCCOCC2)nc1C. The minimum atomic E-state index is -0.308. The topological polar surface area (TPSA) is 51.7 Å². The highest BCUT2D eigenvalue weighted by atomic mass is 32.1. The fourth-order valence-electron chi connectivity index (χ4n) is 1.74. The van der Waals surface area contributed by atoms with Crippen molar-refractivity contribution in [2.24, 2.45) is 0 Å². The molecule has 5 nitrogen and oxygen atoms in total. The van der Waals surface area contributed by atoms with Gasteiger partial charge in [0.15, 0.2) is 5.13 Å². The first-order chi connectivity index (χ1) is 8.22. The maximum Gasteiger partial charge on any atom is 0.350 e. The molecule has 17 heavy (non-hydrogen) atoms. The largest absolute Gasteiger partial charge is 0.465 e.